The predicted molar refractivity (Wildman–Crippen MR) is 65.0 cm³/mol. The lowest BCUT2D eigenvalue weighted by Crippen LogP contribution is -2.37. The number of hydrogen-bond donors (Lipinski definition) is 0. The van der Waals surface area contributed by atoms with Gasteiger partial charge in [0.2, 0.25) is 0 Å². The summed E-state index contributed by atoms with van der Waals surface area (Å²) in [5.74, 6) is -1.56. The Hall–Kier alpha value is -1.85. The van der Waals surface area contributed by atoms with E-state index in [-0.39, 0.29) is 12.5 Å². The molecular weight excluding hydrogens is 252 g/mol. The van der Waals surface area contributed by atoms with Gasteiger partial charge in [0.1, 0.15) is 18.8 Å². The highest BCUT2D eigenvalue weighted by Gasteiger charge is 2.35. The SMILES string of the molecule is CC(=O)OC[C@@H](OC(C)=O)[C@@H]1CC=C[C@H]1OC(C)=O. The fourth-order valence-corrected chi connectivity index (χ4v) is 1.99. The van der Waals surface area contributed by atoms with Gasteiger partial charge in [0.25, 0.3) is 0 Å². The maximum Gasteiger partial charge on any atom is 0.303 e. The summed E-state index contributed by atoms with van der Waals surface area (Å²) in [6.45, 7) is 3.83. The molecule has 1 rings (SSSR count). The van der Waals surface area contributed by atoms with Crippen LogP contribution in [-0.2, 0) is 28.6 Å². The summed E-state index contributed by atoms with van der Waals surface area (Å²) in [6, 6.07) is 0. The maximum absolute atomic E-state index is 11.1. The van der Waals surface area contributed by atoms with Crippen LogP contribution in [0.15, 0.2) is 12.2 Å². The van der Waals surface area contributed by atoms with Crippen LogP contribution in [0, 0.1) is 5.92 Å². The minimum Gasteiger partial charge on any atom is -0.462 e. The third-order valence-electron chi connectivity index (χ3n) is 2.70. The van der Waals surface area contributed by atoms with Crippen LogP contribution in [0.2, 0.25) is 0 Å². The third-order valence-corrected chi connectivity index (χ3v) is 2.70. The summed E-state index contributed by atoms with van der Waals surface area (Å²) >= 11 is 0. The van der Waals surface area contributed by atoms with Crippen LogP contribution in [0.5, 0.6) is 0 Å². The highest BCUT2D eigenvalue weighted by atomic mass is 16.6. The van der Waals surface area contributed by atoms with Gasteiger partial charge in [-0.25, -0.2) is 0 Å². The monoisotopic (exact) mass is 270 g/mol. The highest BCUT2D eigenvalue weighted by Crippen LogP contribution is 2.27. The van der Waals surface area contributed by atoms with Crippen molar-refractivity contribution in [2.45, 2.75) is 39.4 Å². The first-order chi connectivity index (χ1) is 8.90. The fraction of sp³-hybridized carbons (Fsp3) is 0.615. The van der Waals surface area contributed by atoms with Crippen LogP contribution in [0.4, 0.5) is 0 Å². The van der Waals surface area contributed by atoms with Crippen LogP contribution < -0.4 is 0 Å². The first-order valence-corrected chi connectivity index (χ1v) is 6.04. The minimum atomic E-state index is -0.624. The summed E-state index contributed by atoms with van der Waals surface area (Å²) in [5.41, 5.74) is 0. The zero-order valence-electron chi connectivity index (χ0n) is 11.3. The van der Waals surface area contributed by atoms with E-state index in [1.165, 1.54) is 20.8 Å². The lowest BCUT2D eigenvalue weighted by Gasteiger charge is -2.27. The quantitative estimate of drug-likeness (QED) is 0.421. The molecule has 0 radical (unpaired) electrons. The van der Waals surface area contributed by atoms with Crippen LogP contribution in [0.3, 0.4) is 0 Å². The summed E-state index contributed by atoms with van der Waals surface area (Å²) in [6.07, 6.45) is 3.11. The normalized spacial score (nSPS) is 22.7. The number of carbonyl (C=O) groups excluding carboxylic acids is 3. The van der Waals surface area contributed by atoms with Crippen molar-refractivity contribution in [3.63, 3.8) is 0 Å². The van der Waals surface area contributed by atoms with E-state index in [0.29, 0.717) is 6.42 Å². The third kappa shape index (κ3) is 5.11. The van der Waals surface area contributed by atoms with Crippen LogP contribution >= 0.6 is 0 Å². The lowest BCUT2D eigenvalue weighted by atomic mass is 9.98. The van der Waals surface area contributed by atoms with Gasteiger partial charge >= 0.3 is 17.9 Å². The van der Waals surface area contributed by atoms with E-state index < -0.39 is 30.1 Å². The molecule has 0 aliphatic heterocycles. The van der Waals surface area contributed by atoms with E-state index in [2.05, 4.69) is 0 Å². The molecule has 0 aromatic rings. The number of hydrogen-bond acceptors (Lipinski definition) is 6. The molecule has 0 bridgehead atoms. The second-order valence-electron chi connectivity index (χ2n) is 4.35. The van der Waals surface area contributed by atoms with E-state index in [1.54, 1.807) is 6.08 Å². The van der Waals surface area contributed by atoms with Crippen LogP contribution in [0.1, 0.15) is 27.2 Å². The number of ether oxygens (including phenoxy) is 3. The smallest absolute Gasteiger partial charge is 0.303 e. The van der Waals surface area contributed by atoms with Crippen molar-refractivity contribution >= 4 is 17.9 Å². The van der Waals surface area contributed by atoms with Crippen molar-refractivity contribution < 1.29 is 28.6 Å². The lowest BCUT2D eigenvalue weighted by molar-refractivity contribution is -0.165. The summed E-state index contributed by atoms with van der Waals surface area (Å²) in [4.78, 5) is 32.9. The molecule has 1 aliphatic carbocycles. The summed E-state index contributed by atoms with van der Waals surface area (Å²) < 4.78 is 15.2. The Morgan fingerprint density at radius 1 is 1.16 bits per heavy atom. The number of esters is 3. The molecule has 6 heteroatoms. The molecule has 0 saturated carbocycles. The van der Waals surface area contributed by atoms with Gasteiger partial charge in [0.05, 0.1) is 0 Å². The molecule has 0 fully saturated rings. The van der Waals surface area contributed by atoms with Gasteiger partial charge in [-0.2, -0.15) is 0 Å². The topological polar surface area (TPSA) is 78.9 Å². The largest absolute Gasteiger partial charge is 0.462 e. The Morgan fingerprint density at radius 3 is 2.37 bits per heavy atom. The molecule has 19 heavy (non-hydrogen) atoms. The Balaban J connectivity index is 2.69. The highest BCUT2D eigenvalue weighted by molar-refractivity contribution is 5.67. The van der Waals surface area contributed by atoms with E-state index in [1.807, 2.05) is 6.08 Å². The van der Waals surface area contributed by atoms with Crippen molar-refractivity contribution in [1.82, 2.24) is 0 Å². The Labute approximate surface area is 111 Å². The summed E-state index contributed by atoms with van der Waals surface area (Å²) in [5, 5.41) is 0. The molecule has 0 heterocycles. The van der Waals surface area contributed by atoms with Crippen molar-refractivity contribution in [3.05, 3.63) is 12.2 Å². The average molecular weight is 270 g/mol. The molecule has 106 valence electrons. The van der Waals surface area contributed by atoms with Crippen molar-refractivity contribution in [1.29, 1.82) is 0 Å². The van der Waals surface area contributed by atoms with E-state index in [9.17, 15) is 14.4 Å². The molecule has 0 spiro atoms. The molecule has 0 amide bonds. The zero-order chi connectivity index (χ0) is 14.4. The molecule has 0 unspecified atom stereocenters. The van der Waals surface area contributed by atoms with Gasteiger partial charge in [-0.05, 0) is 12.5 Å². The molecule has 1 aliphatic rings. The first kappa shape index (κ1) is 15.2. The van der Waals surface area contributed by atoms with Crippen molar-refractivity contribution in [2.75, 3.05) is 6.61 Å². The van der Waals surface area contributed by atoms with Gasteiger partial charge < -0.3 is 14.2 Å². The molecule has 0 aromatic heterocycles. The second kappa shape index (κ2) is 6.92. The fourth-order valence-electron chi connectivity index (χ4n) is 1.99. The Bertz CT molecular complexity index is 387. The van der Waals surface area contributed by atoms with Gasteiger partial charge in [-0.15, -0.1) is 0 Å². The van der Waals surface area contributed by atoms with Gasteiger partial charge in [-0.1, -0.05) is 6.08 Å². The molecule has 6 nitrogen and oxygen atoms in total. The molecule has 0 saturated heterocycles. The van der Waals surface area contributed by atoms with Crippen molar-refractivity contribution in [2.24, 2.45) is 5.92 Å². The first-order valence-electron chi connectivity index (χ1n) is 6.04. The number of allylic oxidation sites excluding steroid dienone is 1. The van der Waals surface area contributed by atoms with E-state index in [4.69, 9.17) is 14.2 Å². The Kier molecular flexibility index (Phi) is 5.54. The molecular formula is C13H18O6. The van der Waals surface area contributed by atoms with Gasteiger partial charge in [0.15, 0.2) is 0 Å². The summed E-state index contributed by atoms with van der Waals surface area (Å²) in [7, 11) is 0. The number of rotatable bonds is 5. The van der Waals surface area contributed by atoms with Crippen LogP contribution in [0.25, 0.3) is 0 Å². The van der Waals surface area contributed by atoms with Crippen LogP contribution in [-0.4, -0.2) is 36.7 Å². The maximum atomic E-state index is 11.1. The van der Waals surface area contributed by atoms with Gasteiger partial charge in [0, 0.05) is 26.7 Å². The number of carbonyl (C=O) groups is 3. The molecule has 0 aromatic carbocycles. The average Bonchev–Trinajstić information content (AvgIpc) is 2.70. The predicted octanol–water partition coefficient (Wildman–Crippen LogP) is 0.989. The second-order valence-corrected chi connectivity index (χ2v) is 4.35. The Morgan fingerprint density at radius 2 is 1.84 bits per heavy atom. The van der Waals surface area contributed by atoms with Crippen molar-refractivity contribution in [3.8, 4) is 0 Å². The van der Waals surface area contributed by atoms with E-state index >= 15 is 0 Å². The molecule has 3 atom stereocenters. The zero-order valence-corrected chi connectivity index (χ0v) is 11.3. The van der Waals surface area contributed by atoms with E-state index in [0.717, 1.165) is 0 Å². The minimum absolute atomic E-state index is 0.0426. The van der Waals surface area contributed by atoms with Gasteiger partial charge in [-0.3, -0.25) is 14.4 Å². The standard InChI is InChI=1S/C13H18O6/c1-8(14)17-7-13(19-10(3)16)11-5-4-6-12(11)18-9(2)15/h4,6,11-13H,5,7H2,1-3H3/t11-,12-,13-/m1/s1. The molecule has 0 N–H and O–H groups in total.